The minimum Gasteiger partial charge on any atom is -0.391 e. The van der Waals surface area contributed by atoms with Crippen molar-refractivity contribution in [2.45, 2.75) is 102 Å². The first-order valence-corrected chi connectivity index (χ1v) is 14.8. The fourth-order valence-corrected chi connectivity index (χ4v) is 10.4. The first kappa shape index (κ1) is 24.2. The van der Waals surface area contributed by atoms with E-state index in [2.05, 4.69) is 35.6 Å². The molecule has 0 aromatic carbocycles. The molecule has 0 spiro atoms. The lowest BCUT2D eigenvalue weighted by molar-refractivity contribution is -0.155. The van der Waals surface area contributed by atoms with Crippen molar-refractivity contribution in [1.29, 1.82) is 0 Å². The molecule has 2 saturated heterocycles. The Labute approximate surface area is 208 Å². The zero-order chi connectivity index (χ0) is 23.7. The third-order valence-corrected chi connectivity index (χ3v) is 12.5. The van der Waals surface area contributed by atoms with Gasteiger partial charge in [-0.2, -0.15) is 0 Å². The largest absolute Gasteiger partial charge is 0.391 e. The summed E-state index contributed by atoms with van der Waals surface area (Å²) in [6, 6.07) is 0.739. The Balaban J connectivity index is 1.22. The molecule has 6 rings (SSSR count). The number of aliphatic hydroxyl groups is 2. The van der Waals surface area contributed by atoms with Crippen molar-refractivity contribution in [2.75, 3.05) is 46.3 Å². The second-order valence-electron chi connectivity index (χ2n) is 14.0. The van der Waals surface area contributed by atoms with Crippen molar-refractivity contribution in [3.05, 3.63) is 0 Å². The molecule has 0 aromatic heterocycles. The van der Waals surface area contributed by atoms with Gasteiger partial charge in [0.25, 0.3) is 0 Å². The van der Waals surface area contributed by atoms with Crippen molar-refractivity contribution in [2.24, 2.45) is 34.5 Å². The molecule has 6 fully saturated rings. The van der Waals surface area contributed by atoms with Crippen LogP contribution in [0, 0.1) is 34.5 Å². The van der Waals surface area contributed by atoms with Crippen molar-refractivity contribution in [1.82, 2.24) is 14.7 Å². The summed E-state index contributed by atoms with van der Waals surface area (Å²) < 4.78 is 0. The SMILES string of the molecule is CN1CCN([C@H]2C[C@@]3(C)[C@@H](CC[C@@H]4[C@@H]3CC[C@]3(C)[C@H](O)[C@@H](N5CCCCC5)C[C@@H]43)C[C@@H]2O)CC1. The molecule has 194 valence electrons. The Hall–Kier alpha value is -0.200. The Morgan fingerprint density at radius 3 is 2.15 bits per heavy atom. The summed E-state index contributed by atoms with van der Waals surface area (Å²) in [5, 5.41) is 22.9. The summed E-state index contributed by atoms with van der Waals surface area (Å²) in [5.41, 5.74) is 0.461. The molecule has 0 radical (unpaired) electrons. The van der Waals surface area contributed by atoms with Gasteiger partial charge < -0.3 is 15.1 Å². The second kappa shape index (κ2) is 8.97. The predicted octanol–water partition coefficient (Wildman–Crippen LogP) is 3.44. The first-order valence-electron chi connectivity index (χ1n) is 14.8. The average Bonchev–Trinajstić information content (AvgIpc) is 3.11. The Morgan fingerprint density at radius 2 is 1.41 bits per heavy atom. The number of likely N-dealkylation sites (tertiary alicyclic amines) is 1. The van der Waals surface area contributed by atoms with Gasteiger partial charge in [-0.05, 0) is 112 Å². The van der Waals surface area contributed by atoms with Crippen molar-refractivity contribution >= 4 is 0 Å². The number of hydrogen-bond donors (Lipinski definition) is 2. The van der Waals surface area contributed by atoms with E-state index in [1.54, 1.807) is 0 Å². The van der Waals surface area contributed by atoms with E-state index < -0.39 is 0 Å². The highest BCUT2D eigenvalue weighted by atomic mass is 16.3. The van der Waals surface area contributed by atoms with Crippen LogP contribution in [-0.2, 0) is 0 Å². The maximum absolute atomic E-state index is 11.7. The number of nitrogens with zero attached hydrogens (tertiary/aromatic N) is 3. The summed E-state index contributed by atoms with van der Waals surface area (Å²) in [5.74, 6) is 2.91. The third kappa shape index (κ3) is 3.74. The van der Waals surface area contributed by atoms with E-state index in [0.29, 0.717) is 29.3 Å². The van der Waals surface area contributed by atoms with Gasteiger partial charge in [-0.3, -0.25) is 9.80 Å². The minimum absolute atomic E-state index is 0.109. The number of hydrogen-bond acceptors (Lipinski definition) is 5. The van der Waals surface area contributed by atoms with Gasteiger partial charge in [0, 0.05) is 38.3 Å². The molecule has 34 heavy (non-hydrogen) atoms. The van der Waals surface area contributed by atoms with Crippen LogP contribution >= 0.6 is 0 Å². The standard InChI is InChI=1S/C29H51N3O2/c1-28-10-9-22-21(23(28)18-24(27(28)34)31-11-5-4-6-12-31)8-7-20-17-26(33)25(19-29(20,22)2)32-15-13-30(3)14-16-32/h20-27,33-34H,4-19H2,1-3H3/t20-,21+,22-,23-,24-,25-,26-,27+,28-,29-/m0/s1. The Kier molecular flexibility index (Phi) is 6.37. The van der Waals surface area contributed by atoms with Crippen molar-refractivity contribution < 1.29 is 10.2 Å². The molecule has 0 bridgehead atoms. The normalized spacial score (nSPS) is 53.2. The van der Waals surface area contributed by atoms with Crippen molar-refractivity contribution in [3.63, 3.8) is 0 Å². The van der Waals surface area contributed by atoms with Gasteiger partial charge in [0.1, 0.15) is 0 Å². The predicted molar refractivity (Wildman–Crippen MR) is 137 cm³/mol. The lowest BCUT2D eigenvalue weighted by Gasteiger charge is -2.62. The van der Waals surface area contributed by atoms with Crippen LogP contribution in [0.4, 0.5) is 0 Å². The highest BCUT2D eigenvalue weighted by molar-refractivity contribution is 5.14. The number of likely N-dealkylation sites (N-methyl/N-ethyl adjacent to an activating group) is 1. The molecule has 0 amide bonds. The molecular weight excluding hydrogens is 422 g/mol. The molecule has 5 nitrogen and oxygen atoms in total. The summed E-state index contributed by atoms with van der Waals surface area (Å²) in [6.07, 6.45) is 12.2. The Morgan fingerprint density at radius 1 is 0.706 bits per heavy atom. The molecule has 10 atom stereocenters. The molecule has 0 unspecified atom stereocenters. The molecule has 5 heteroatoms. The summed E-state index contributed by atoms with van der Waals surface area (Å²) >= 11 is 0. The van der Waals surface area contributed by atoms with Gasteiger partial charge in [-0.25, -0.2) is 0 Å². The third-order valence-electron chi connectivity index (χ3n) is 12.5. The highest BCUT2D eigenvalue weighted by Gasteiger charge is 2.63. The maximum atomic E-state index is 11.7. The zero-order valence-corrected chi connectivity index (χ0v) is 22.2. The smallest absolute Gasteiger partial charge is 0.0751 e. The lowest BCUT2D eigenvalue weighted by atomic mass is 9.44. The van der Waals surface area contributed by atoms with Crippen LogP contribution in [0.25, 0.3) is 0 Å². The molecule has 0 aromatic rings. The zero-order valence-electron chi connectivity index (χ0n) is 22.2. The van der Waals surface area contributed by atoms with E-state index in [4.69, 9.17) is 0 Å². The van der Waals surface area contributed by atoms with Crippen LogP contribution in [-0.4, -0.2) is 95.5 Å². The molecule has 2 N–H and O–H groups in total. The fraction of sp³-hybridized carbons (Fsp3) is 1.00. The van der Waals surface area contributed by atoms with E-state index in [-0.39, 0.29) is 17.6 Å². The van der Waals surface area contributed by atoms with E-state index in [9.17, 15) is 10.2 Å². The number of rotatable bonds is 2. The fourth-order valence-electron chi connectivity index (χ4n) is 10.4. The van der Waals surface area contributed by atoms with Crippen LogP contribution < -0.4 is 0 Å². The van der Waals surface area contributed by atoms with E-state index in [0.717, 1.165) is 44.4 Å². The van der Waals surface area contributed by atoms with E-state index >= 15 is 0 Å². The Bertz CT molecular complexity index is 735. The summed E-state index contributed by atoms with van der Waals surface area (Å²) in [6.45, 7) is 12.0. The molecule has 4 aliphatic carbocycles. The lowest BCUT2D eigenvalue weighted by Crippen LogP contribution is -2.61. The van der Waals surface area contributed by atoms with Crippen LogP contribution in [0.2, 0.25) is 0 Å². The van der Waals surface area contributed by atoms with Gasteiger partial charge in [0.15, 0.2) is 0 Å². The molecule has 2 heterocycles. The first-order chi connectivity index (χ1) is 16.3. The van der Waals surface area contributed by atoms with Crippen LogP contribution in [0.3, 0.4) is 0 Å². The van der Waals surface area contributed by atoms with Gasteiger partial charge in [0.05, 0.1) is 12.2 Å². The van der Waals surface area contributed by atoms with Gasteiger partial charge >= 0.3 is 0 Å². The van der Waals surface area contributed by atoms with Crippen LogP contribution in [0.15, 0.2) is 0 Å². The van der Waals surface area contributed by atoms with Crippen LogP contribution in [0.5, 0.6) is 0 Å². The molecular formula is C29H51N3O2. The molecule has 6 aliphatic rings. The van der Waals surface area contributed by atoms with E-state index in [1.165, 1.54) is 70.9 Å². The highest BCUT2D eigenvalue weighted by Crippen LogP contribution is 2.66. The van der Waals surface area contributed by atoms with Crippen molar-refractivity contribution in [3.8, 4) is 0 Å². The molecule has 4 saturated carbocycles. The van der Waals surface area contributed by atoms with E-state index in [1.807, 2.05) is 0 Å². The second-order valence-corrected chi connectivity index (χ2v) is 14.0. The minimum atomic E-state index is -0.149. The topological polar surface area (TPSA) is 50.2 Å². The number of piperazine rings is 1. The molecule has 2 aliphatic heterocycles. The number of aliphatic hydroxyl groups excluding tert-OH is 2. The average molecular weight is 474 g/mol. The summed E-state index contributed by atoms with van der Waals surface area (Å²) in [4.78, 5) is 7.73. The monoisotopic (exact) mass is 473 g/mol. The quantitative estimate of drug-likeness (QED) is 0.643. The van der Waals surface area contributed by atoms with Crippen LogP contribution in [0.1, 0.15) is 78.1 Å². The van der Waals surface area contributed by atoms with Gasteiger partial charge in [-0.15, -0.1) is 0 Å². The summed E-state index contributed by atoms with van der Waals surface area (Å²) in [7, 11) is 2.23. The number of piperidine rings is 1. The van der Waals surface area contributed by atoms with Gasteiger partial charge in [-0.1, -0.05) is 20.3 Å². The maximum Gasteiger partial charge on any atom is 0.0751 e. The van der Waals surface area contributed by atoms with Gasteiger partial charge in [0.2, 0.25) is 0 Å². The number of fused-ring (bicyclic) bond motifs is 5.